The standard InChI is InChI=1S/C11H12ClF3O2S/c1-8(9-5-3-2-4-6-9)7-10(11(13,14)15)18(12,16)17/h2-6,8,10H,7H2,1H3. The van der Waals surface area contributed by atoms with E-state index in [1.807, 2.05) is 0 Å². The van der Waals surface area contributed by atoms with Gasteiger partial charge in [-0.15, -0.1) is 0 Å². The van der Waals surface area contributed by atoms with Crippen molar-refractivity contribution in [2.75, 3.05) is 0 Å². The lowest BCUT2D eigenvalue weighted by Gasteiger charge is -2.21. The molecule has 2 atom stereocenters. The highest BCUT2D eigenvalue weighted by Crippen LogP contribution is 2.35. The molecule has 0 heterocycles. The van der Waals surface area contributed by atoms with Crippen LogP contribution in [0.25, 0.3) is 0 Å². The smallest absolute Gasteiger partial charge is 0.212 e. The fourth-order valence-corrected chi connectivity index (χ4v) is 3.01. The van der Waals surface area contributed by atoms with Gasteiger partial charge in [0.1, 0.15) is 0 Å². The van der Waals surface area contributed by atoms with Gasteiger partial charge in [0.2, 0.25) is 9.05 Å². The van der Waals surface area contributed by atoms with Crippen LogP contribution >= 0.6 is 10.7 Å². The third-order valence-corrected chi connectivity index (χ3v) is 4.43. The van der Waals surface area contributed by atoms with Crippen LogP contribution in [0.1, 0.15) is 24.8 Å². The fraction of sp³-hybridized carbons (Fsp3) is 0.455. The predicted octanol–water partition coefficient (Wildman–Crippen LogP) is 3.68. The SMILES string of the molecule is CC(CC(C(F)(F)F)S(=O)(=O)Cl)c1ccccc1. The Labute approximate surface area is 108 Å². The Balaban J connectivity index is 2.93. The maximum absolute atomic E-state index is 12.6. The first-order valence-corrected chi connectivity index (χ1v) is 7.54. The minimum atomic E-state index is -4.86. The third kappa shape index (κ3) is 4.17. The zero-order valence-corrected chi connectivity index (χ0v) is 11.1. The molecule has 0 aliphatic rings. The summed E-state index contributed by atoms with van der Waals surface area (Å²) in [6.45, 7) is 1.54. The van der Waals surface area contributed by atoms with E-state index in [9.17, 15) is 21.6 Å². The molecule has 0 radical (unpaired) electrons. The first kappa shape index (κ1) is 15.3. The maximum Gasteiger partial charge on any atom is 0.406 e. The summed E-state index contributed by atoms with van der Waals surface area (Å²) in [7, 11) is 0.189. The van der Waals surface area contributed by atoms with Gasteiger partial charge in [0.05, 0.1) is 0 Å². The number of hydrogen-bond donors (Lipinski definition) is 0. The molecule has 0 amide bonds. The Hall–Kier alpha value is -0.750. The topological polar surface area (TPSA) is 34.1 Å². The Bertz CT molecular complexity index is 485. The van der Waals surface area contributed by atoms with Crippen LogP contribution in [0.5, 0.6) is 0 Å². The van der Waals surface area contributed by atoms with Crippen LogP contribution < -0.4 is 0 Å². The van der Waals surface area contributed by atoms with Gasteiger partial charge in [-0.2, -0.15) is 13.2 Å². The Morgan fingerprint density at radius 3 is 2.11 bits per heavy atom. The molecule has 0 aliphatic heterocycles. The zero-order chi connectivity index (χ0) is 14.0. The number of rotatable bonds is 4. The number of halogens is 4. The van der Waals surface area contributed by atoms with Crippen molar-refractivity contribution in [3.8, 4) is 0 Å². The quantitative estimate of drug-likeness (QED) is 0.795. The summed E-state index contributed by atoms with van der Waals surface area (Å²) < 4.78 is 59.9. The Morgan fingerprint density at radius 1 is 1.22 bits per heavy atom. The summed E-state index contributed by atoms with van der Waals surface area (Å²) in [5.41, 5.74) is 0.645. The molecule has 0 N–H and O–H groups in total. The molecule has 1 aromatic carbocycles. The molecule has 0 fully saturated rings. The summed E-state index contributed by atoms with van der Waals surface area (Å²) >= 11 is 0. The van der Waals surface area contributed by atoms with Gasteiger partial charge in [-0.25, -0.2) is 8.42 Å². The van der Waals surface area contributed by atoms with Crippen LogP contribution in [0.15, 0.2) is 30.3 Å². The van der Waals surface area contributed by atoms with Crippen LogP contribution in [-0.4, -0.2) is 19.8 Å². The predicted molar refractivity (Wildman–Crippen MR) is 64.1 cm³/mol. The van der Waals surface area contributed by atoms with Crippen molar-refractivity contribution in [3.05, 3.63) is 35.9 Å². The molecule has 0 saturated heterocycles. The Kier molecular flexibility index (Phi) is 4.66. The third-order valence-electron chi connectivity index (χ3n) is 2.64. The first-order valence-electron chi connectivity index (χ1n) is 5.17. The van der Waals surface area contributed by atoms with Gasteiger partial charge in [-0.1, -0.05) is 37.3 Å². The van der Waals surface area contributed by atoms with Crippen molar-refractivity contribution in [1.82, 2.24) is 0 Å². The molecule has 1 aromatic rings. The molecular formula is C11H12ClF3O2S. The van der Waals surface area contributed by atoms with Crippen molar-refractivity contribution in [2.45, 2.75) is 30.7 Å². The highest BCUT2D eigenvalue weighted by atomic mass is 35.7. The van der Waals surface area contributed by atoms with E-state index in [2.05, 4.69) is 0 Å². The monoisotopic (exact) mass is 300 g/mol. The van der Waals surface area contributed by atoms with Crippen molar-refractivity contribution < 1.29 is 21.6 Å². The molecule has 102 valence electrons. The summed E-state index contributed by atoms with van der Waals surface area (Å²) in [5, 5.41) is -2.54. The highest BCUT2D eigenvalue weighted by Gasteiger charge is 2.48. The minimum Gasteiger partial charge on any atom is -0.212 e. The molecule has 7 heteroatoms. The van der Waals surface area contributed by atoms with Gasteiger partial charge >= 0.3 is 6.18 Å². The second-order valence-corrected chi connectivity index (χ2v) is 6.86. The number of benzene rings is 1. The van der Waals surface area contributed by atoms with Gasteiger partial charge < -0.3 is 0 Å². The van der Waals surface area contributed by atoms with Crippen LogP contribution in [0.3, 0.4) is 0 Å². The maximum atomic E-state index is 12.6. The van der Waals surface area contributed by atoms with Crippen LogP contribution in [0, 0.1) is 0 Å². The minimum absolute atomic E-state index is 0.550. The largest absolute Gasteiger partial charge is 0.406 e. The van der Waals surface area contributed by atoms with Gasteiger partial charge in [0.15, 0.2) is 5.25 Å². The molecule has 2 nitrogen and oxygen atoms in total. The van der Waals surface area contributed by atoms with Crippen LogP contribution in [-0.2, 0) is 9.05 Å². The fourth-order valence-electron chi connectivity index (χ4n) is 1.65. The van der Waals surface area contributed by atoms with Crippen molar-refractivity contribution in [1.29, 1.82) is 0 Å². The molecule has 18 heavy (non-hydrogen) atoms. The van der Waals surface area contributed by atoms with E-state index in [-0.39, 0.29) is 0 Å². The van der Waals surface area contributed by atoms with Crippen LogP contribution in [0.4, 0.5) is 13.2 Å². The summed E-state index contributed by atoms with van der Waals surface area (Å²) in [5.74, 6) is -0.550. The molecule has 1 rings (SSSR count). The van der Waals surface area contributed by atoms with Gasteiger partial charge in [-0.3, -0.25) is 0 Å². The van der Waals surface area contributed by atoms with Crippen molar-refractivity contribution in [2.24, 2.45) is 0 Å². The van der Waals surface area contributed by atoms with Gasteiger partial charge in [-0.05, 0) is 17.9 Å². The Morgan fingerprint density at radius 2 is 1.72 bits per heavy atom. The zero-order valence-electron chi connectivity index (χ0n) is 9.49. The molecule has 2 unspecified atom stereocenters. The van der Waals surface area contributed by atoms with E-state index < -0.39 is 32.8 Å². The van der Waals surface area contributed by atoms with E-state index in [4.69, 9.17) is 10.7 Å². The lowest BCUT2D eigenvalue weighted by Crippen LogP contribution is -2.35. The van der Waals surface area contributed by atoms with Crippen molar-refractivity contribution in [3.63, 3.8) is 0 Å². The molecule has 0 bridgehead atoms. The summed E-state index contributed by atoms with van der Waals surface area (Å²) in [6, 6.07) is 8.40. The average molecular weight is 301 g/mol. The first-order chi connectivity index (χ1) is 8.12. The second kappa shape index (κ2) is 5.48. The van der Waals surface area contributed by atoms with Crippen LogP contribution in [0.2, 0.25) is 0 Å². The summed E-state index contributed by atoms with van der Waals surface area (Å²) in [4.78, 5) is 0. The molecule has 0 spiro atoms. The molecule has 0 aromatic heterocycles. The molecule has 0 aliphatic carbocycles. The average Bonchev–Trinajstić information content (AvgIpc) is 2.23. The van der Waals surface area contributed by atoms with E-state index >= 15 is 0 Å². The number of hydrogen-bond acceptors (Lipinski definition) is 2. The number of alkyl halides is 3. The van der Waals surface area contributed by atoms with E-state index in [1.165, 1.54) is 6.92 Å². The van der Waals surface area contributed by atoms with E-state index in [0.29, 0.717) is 5.56 Å². The molecular weight excluding hydrogens is 289 g/mol. The van der Waals surface area contributed by atoms with Gasteiger partial charge in [0.25, 0.3) is 0 Å². The molecule has 0 saturated carbocycles. The summed E-state index contributed by atoms with van der Waals surface area (Å²) in [6.07, 6.45) is -5.44. The highest BCUT2D eigenvalue weighted by molar-refractivity contribution is 8.14. The lowest BCUT2D eigenvalue weighted by molar-refractivity contribution is -0.131. The normalized spacial score (nSPS) is 16.3. The lowest BCUT2D eigenvalue weighted by atomic mass is 9.96. The van der Waals surface area contributed by atoms with Gasteiger partial charge in [0, 0.05) is 10.7 Å². The van der Waals surface area contributed by atoms with E-state index in [0.717, 1.165) is 0 Å². The van der Waals surface area contributed by atoms with E-state index in [1.54, 1.807) is 30.3 Å². The van der Waals surface area contributed by atoms with Crippen molar-refractivity contribution >= 4 is 19.7 Å². The second-order valence-electron chi connectivity index (χ2n) is 4.05.